The molecule has 25 heavy (non-hydrogen) atoms. The molecule has 0 saturated carbocycles. The summed E-state index contributed by atoms with van der Waals surface area (Å²) >= 11 is 12.0. The number of pyridine rings is 1. The fraction of sp³-hybridized carbons (Fsp3) is 0.294. The number of carbonyl (C=O) groups is 1. The summed E-state index contributed by atoms with van der Waals surface area (Å²) < 4.78 is 19.6. The van der Waals surface area contributed by atoms with Gasteiger partial charge < -0.3 is 15.0 Å². The smallest absolute Gasteiger partial charge is 0.254 e. The molecule has 8 heteroatoms. The number of benzene rings is 1. The van der Waals surface area contributed by atoms with Crippen LogP contribution in [0, 0.1) is 5.82 Å². The second-order valence-electron chi connectivity index (χ2n) is 5.55. The minimum absolute atomic E-state index is 0.0342. The Morgan fingerprint density at radius 1 is 1.40 bits per heavy atom. The first kappa shape index (κ1) is 17.9. The van der Waals surface area contributed by atoms with E-state index in [1.807, 2.05) is 4.90 Å². The fourth-order valence-corrected chi connectivity index (χ4v) is 3.28. The monoisotopic (exact) mass is 383 g/mol. The maximum Gasteiger partial charge on any atom is 0.254 e. The van der Waals surface area contributed by atoms with Crippen LogP contribution in [0.3, 0.4) is 0 Å². The van der Waals surface area contributed by atoms with Crippen LogP contribution in [-0.4, -0.2) is 37.6 Å². The highest BCUT2D eigenvalue weighted by Gasteiger charge is 2.27. The number of anilines is 1. The van der Waals surface area contributed by atoms with E-state index in [1.165, 1.54) is 12.1 Å². The minimum Gasteiger partial charge on any atom is -0.370 e. The van der Waals surface area contributed by atoms with Crippen LogP contribution in [-0.2, 0) is 4.74 Å². The van der Waals surface area contributed by atoms with Gasteiger partial charge in [-0.1, -0.05) is 23.2 Å². The van der Waals surface area contributed by atoms with Crippen LogP contribution in [0.2, 0.25) is 10.0 Å². The number of halogens is 3. The molecule has 1 aliphatic heterocycles. The molecule has 3 rings (SSSR count). The quantitative estimate of drug-likeness (QED) is 0.824. The predicted octanol–water partition coefficient (Wildman–Crippen LogP) is 3.47. The van der Waals surface area contributed by atoms with Gasteiger partial charge in [-0.3, -0.25) is 4.79 Å². The van der Waals surface area contributed by atoms with Crippen molar-refractivity contribution in [3.8, 4) is 0 Å². The highest BCUT2D eigenvalue weighted by Crippen LogP contribution is 2.33. The number of morpholine rings is 1. The lowest BCUT2D eigenvalue weighted by atomic mass is 10.1. The molecule has 0 aliphatic carbocycles. The normalized spacial score (nSPS) is 17.4. The largest absolute Gasteiger partial charge is 0.370 e. The van der Waals surface area contributed by atoms with Crippen molar-refractivity contribution in [3.63, 3.8) is 0 Å². The van der Waals surface area contributed by atoms with Crippen molar-refractivity contribution in [2.24, 2.45) is 0 Å². The zero-order valence-corrected chi connectivity index (χ0v) is 14.9. The Balaban J connectivity index is 1.90. The third-order valence-electron chi connectivity index (χ3n) is 4.01. The van der Waals surface area contributed by atoms with Crippen LogP contribution in [0.5, 0.6) is 0 Å². The number of carbonyl (C=O) groups excluding carboxylic acids is 1. The van der Waals surface area contributed by atoms with Gasteiger partial charge in [0.05, 0.1) is 17.2 Å². The van der Waals surface area contributed by atoms with Gasteiger partial charge in [-0.25, -0.2) is 9.37 Å². The first-order valence-electron chi connectivity index (χ1n) is 7.69. The average molecular weight is 384 g/mol. The van der Waals surface area contributed by atoms with Gasteiger partial charge in [0.1, 0.15) is 17.7 Å². The van der Waals surface area contributed by atoms with E-state index >= 15 is 0 Å². The van der Waals surface area contributed by atoms with E-state index in [1.54, 1.807) is 25.4 Å². The lowest BCUT2D eigenvalue weighted by Crippen LogP contribution is -2.40. The molecule has 2 aromatic rings. The average Bonchev–Trinajstić information content (AvgIpc) is 2.64. The molecule has 1 atom stereocenters. The maximum absolute atomic E-state index is 13.8. The van der Waals surface area contributed by atoms with Gasteiger partial charge in [-0.15, -0.1) is 0 Å². The number of nitrogens with one attached hydrogen (secondary N) is 1. The van der Waals surface area contributed by atoms with Crippen molar-refractivity contribution >= 4 is 34.9 Å². The number of hydrogen-bond acceptors (Lipinski definition) is 4. The molecule has 2 heterocycles. The van der Waals surface area contributed by atoms with Gasteiger partial charge >= 0.3 is 0 Å². The molecule has 1 saturated heterocycles. The highest BCUT2D eigenvalue weighted by atomic mass is 35.5. The molecule has 0 spiro atoms. The summed E-state index contributed by atoms with van der Waals surface area (Å²) in [7, 11) is 1.57. The molecular formula is C17H16Cl2FN3O2. The fourth-order valence-electron chi connectivity index (χ4n) is 2.78. The van der Waals surface area contributed by atoms with Crippen LogP contribution in [0.4, 0.5) is 10.2 Å². The minimum atomic E-state index is -0.550. The predicted molar refractivity (Wildman–Crippen MR) is 95.0 cm³/mol. The Morgan fingerprint density at radius 2 is 2.20 bits per heavy atom. The van der Waals surface area contributed by atoms with Crippen molar-refractivity contribution in [1.82, 2.24) is 10.3 Å². The number of rotatable bonds is 3. The maximum atomic E-state index is 13.8. The van der Waals surface area contributed by atoms with Crippen molar-refractivity contribution in [3.05, 3.63) is 57.5 Å². The van der Waals surface area contributed by atoms with Crippen LogP contribution in [0.1, 0.15) is 22.0 Å². The van der Waals surface area contributed by atoms with E-state index in [-0.39, 0.29) is 10.9 Å². The molecule has 1 aromatic heterocycles. The molecule has 1 aromatic carbocycles. The van der Waals surface area contributed by atoms with Gasteiger partial charge in [0.15, 0.2) is 0 Å². The number of hydrogen-bond donors (Lipinski definition) is 1. The van der Waals surface area contributed by atoms with Crippen LogP contribution in [0.25, 0.3) is 0 Å². The molecule has 1 fully saturated rings. The molecule has 5 nitrogen and oxygen atoms in total. The first-order valence-corrected chi connectivity index (χ1v) is 8.45. The zero-order valence-electron chi connectivity index (χ0n) is 13.4. The lowest BCUT2D eigenvalue weighted by molar-refractivity contribution is 0.0393. The summed E-state index contributed by atoms with van der Waals surface area (Å²) in [4.78, 5) is 18.3. The number of aromatic nitrogens is 1. The molecule has 1 aliphatic rings. The molecule has 0 bridgehead atoms. The Kier molecular flexibility index (Phi) is 5.42. The van der Waals surface area contributed by atoms with Gasteiger partial charge in [-0.2, -0.15) is 0 Å². The Bertz CT molecular complexity index is 803. The van der Waals surface area contributed by atoms with Crippen LogP contribution in [0.15, 0.2) is 30.5 Å². The second kappa shape index (κ2) is 7.56. The summed E-state index contributed by atoms with van der Waals surface area (Å²) in [5.41, 5.74) is 0.990. The van der Waals surface area contributed by atoms with Gasteiger partial charge in [-0.05, 0) is 24.3 Å². The molecule has 132 valence electrons. The van der Waals surface area contributed by atoms with Crippen molar-refractivity contribution in [1.29, 1.82) is 0 Å². The first-order chi connectivity index (χ1) is 12.0. The van der Waals surface area contributed by atoms with E-state index in [4.69, 9.17) is 27.9 Å². The molecule has 0 radical (unpaired) electrons. The van der Waals surface area contributed by atoms with Crippen molar-refractivity contribution in [2.75, 3.05) is 31.6 Å². The standard InChI is InChI=1S/C17H16Cl2FN3O2/c1-21-17(24)10-3-2-4-22-16(10)23-5-6-25-15(9-23)11-7-14(20)13(19)8-12(11)18/h2-4,7-8,15H,5-6,9H2,1H3,(H,21,24). The summed E-state index contributed by atoms with van der Waals surface area (Å²) in [5, 5.41) is 2.91. The summed E-state index contributed by atoms with van der Waals surface area (Å²) in [6, 6.07) is 6.07. The summed E-state index contributed by atoms with van der Waals surface area (Å²) in [6.07, 6.45) is 1.17. The van der Waals surface area contributed by atoms with Gasteiger partial charge in [0.25, 0.3) is 5.91 Å². The van der Waals surface area contributed by atoms with E-state index in [9.17, 15) is 9.18 Å². The highest BCUT2D eigenvalue weighted by molar-refractivity contribution is 6.35. The van der Waals surface area contributed by atoms with E-state index in [2.05, 4.69) is 10.3 Å². The SMILES string of the molecule is CNC(=O)c1cccnc1N1CCOC(c2cc(F)c(Cl)cc2Cl)C1. The molecule has 1 N–H and O–H groups in total. The van der Waals surface area contributed by atoms with Crippen molar-refractivity contribution < 1.29 is 13.9 Å². The number of ether oxygens (including phenoxy) is 1. The summed E-state index contributed by atoms with van der Waals surface area (Å²) in [6.45, 7) is 1.35. The number of nitrogens with zero attached hydrogens (tertiary/aromatic N) is 2. The topological polar surface area (TPSA) is 54.5 Å². The molecule has 1 unspecified atom stereocenters. The van der Waals surface area contributed by atoms with Crippen molar-refractivity contribution in [2.45, 2.75) is 6.10 Å². The Labute approximate surface area is 154 Å². The molecule has 1 amide bonds. The second-order valence-corrected chi connectivity index (χ2v) is 6.36. The van der Waals surface area contributed by atoms with E-state index < -0.39 is 11.9 Å². The van der Waals surface area contributed by atoms with Crippen LogP contribution < -0.4 is 10.2 Å². The third-order valence-corrected chi connectivity index (χ3v) is 4.63. The van der Waals surface area contributed by atoms with Crippen LogP contribution >= 0.6 is 23.2 Å². The third kappa shape index (κ3) is 3.71. The van der Waals surface area contributed by atoms with Gasteiger partial charge in [0.2, 0.25) is 0 Å². The lowest BCUT2D eigenvalue weighted by Gasteiger charge is -2.35. The number of amides is 1. The van der Waals surface area contributed by atoms with Gasteiger partial charge in [0, 0.05) is 36.9 Å². The summed E-state index contributed by atoms with van der Waals surface area (Å²) in [5.74, 6) is -0.215. The van der Waals surface area contributed by atoms with E-state index in [0.29, 0.717) is 41.7 Å². The van der Waals surface area contributed by atoms with E-state index in [0.717, 1.165) is 0 Å². The Morgan fingerprint density at radius 3 is 2.96 bits per heavy atom. The zero-order chi connectivity index (χ0) is 18.0. The Hall–Kier alpha value is -1.89. The molecular weight excluding hydrogens is 368 g/mol.